The molecule has 7 heteroatoms. The minimum absolute atomic E-state index is 0.333. The summed E-state index contributed by atoms with van der Waals surface area (Å²) in [5.41, 5.74) is 3.47. The summed E-state index contributed by atoms with van der Waals surface area (Å²) in [5.74, 6) is 0.378. The molecule has 0 atom stereocenters. The van der Waals surface area contributed by atoms with Gasteiger partial charge in [0.15, 0.2) is 0 Å². The summed E-state index contributed by atoms with van der Waals surface area (Å²) < 4.78 is 5.99. The van der Waals surface area contributed by atoms with E-state index in [-0.39, 0.29) is 5.91 Å². The molecule has 2 rings (SSSR count). The van der Waals surface area contributed by atoms with E-state index in [0.717, 1.165) is 3.57 Å². The molecule has 0 aromatic heterocycles. The lowest BCUT2D eigenvalue weighted by molar-refractivity contribution is 0.0955. The first-order valence-corrected chi connectivity index (χ1v) is 7.97. The maximum atomic E-state index is 12.0. The van der Waals surface area contributed by atoms with Gasteiger partial charge in [-0.1, -0.05) is 29.3 Å². The van der Waals surface area contributed by atoms with E-state index >= 15 is 0 Å². The number of nitrogens with one attached hydrogen (secondary N) is 1. The van der Waals surface area contributed by atoms with Gasteiger partial charge < -0.3 is 4.74 Å². The number of amides is 1. The van der Waals surface area contributed by atoms with Crippen molar-refractivity contribution >= 4 is 57.9 Å². The van der Waals surface area contributed by atoms with Crippen LogP contribution in [0.15, 0.2) is 41.5 Å². The van der Waals surface area contributed by atoms with Crippen LogP contribution >= 0.6 is 45.8 Å². The number of halogens is 3. The van der Waals surface area contributed by atoms with Crippen LogP contribution in [-0.2, 0) is 0 Å². The molecule has 22 heavy (non-hydrogen) atoms. The highest BCUT2D eigenvalue weighted by molar-refractivity contribution is 14.1. The van der Waals surface area contributed by atoms with Gasteiger partial charge in [-0.15, -0.1) is 0 Å². The number of rotatable bonds is 4. The highest BCUT2D eigenvalue weighted by atomic mass is 127. The molecule has 0 aliphatic rings. The quantitative estimate of drug-likeness (QED) is 0.429. The maximum absolute atomic E-state index is 12.0. The summed E-state index contributed by atoms with van der Waals surface area (Å²) >= 11 is 14.1. The number of hydrogen-bond donors (Lipinski definition) is 1. The number of methoxy groups -OCH3 is 1. The Balaban J connectivity index is 2.10. The molecule has 1 amide bonds. The lowest BCUT2D eigenvalue weighted by Gasteiger charge is -2.05. The average Bonchev–Trinajstić information content (AvgIpc) is 2.50. The molecule has 0 saturated heterocycles. The molecule has 0 fully saturated rings. The molecule has 2 aromatic rings. The topological polar surface area (TPSA) is 50.7 Å². The lowest BCUT2D eigenvalue weighted by Crippen LogP contribution is -2.17. The van der Waals surface area contributed by atoms with Gasteiger partial charge in [0, 0.05) is 11.1 Å². The third-order valence-electron chi connectivity index (χ3n) is 2.77. The fourth-order valence-corrected chi connectivity index (χ4v) is 2.89. The van der Waals surface area contributed by atoms with Crippen LogP contribution < -0.4 is 10.2 Å². The van der Waals surface area contributed by atoms with Crippen molar-refractivity contribution in [3.8, 4) is 5.75 Å². The number of hydrazone groups is 1. The largest absolute Gasteiger partial charge is 0.496 e. The van der Waals surface area contributed by atoms with Crippen LogP contribution in [0.3, 0.4) is 0 Å². The Morgan fingerprint density at radius 1 is 1.27 bits per heavy atom. The summed E-state index contributed by atoms with van der Waals surface area (Å²) in [6.45, 7) is 0. The number of carbonyl (C=O) groups is 1. The molecule has 0 heterocycles. The van der Waals surface area contributed by atoms with E-state index in [1.165, 1.54) is 6.21 Å². The number of carbonyl (C=O) groups excluding carboxylic acids is 1. The molecule has 0 aliphatic heterocycles. The first-order chi connectivity index (χ1) is 10.5. The molecular weight excluding hydrogens is 438 g/mol. The number of benzene rings is 2. The molecule has 0 radical (unpaired) electrons. The van der Waals surface area contributed by atoms with Gasteiger partial charge in [-0.25, -0.2) is 5.43 Å². The molecule has 0 saturated carbocycles. The summed E-state index contributed by atoms with van der Waals surface area (Å²) in [6, 6.07) is 10.2. The minimum Gasteiger partial charge on any atom is -0.496 e. The standard InChI is InChI=1S/C15H11Cl2IN2O2/c1-22-14-6-5-9(7-13(14)18)15(21)20-19-8-10-11(16)3-2-4-12(10)17/h2-8H,1H3,(H,20,21). The second kappa shape index (κ2) is 7.80. The molecule has 2 aromatic carbocycles. The summed E-state index contributed by atoms with van der Waals surface area (Å²) in [7, 11) is 1.58. The van der Waals surface area contributed by atoms with Crippen molar-refractivity contribution in [3.63, 3.8) is 0 Å². The van der Waals surface area contributed by atoms with E-state index in [4.69, 9.17) is 27.9 Å². The monoisotopic (exact) mass is 448 g/mol. The van der Waals surface area contributed by atoms with E-state index in [9.17, 15) is 4.79 Å². The van der Waals surface area contributed by atoms with Crippen LogP contribution in [0.25, 0.3) is 0 Å². The average molecular weight is 449 g/mol. The summed E-state index contributed by atoms with van der Waals surface area (Å²) in [5, 5.41) is 4.81. The summed E-state index contributed by atoms with van der Waals surface area (Å²) in [6.07, 6.45) is 1.41. The van der Waals surface area contributed by atoms with Crippen molar-refractivity contribution < 1.29 is 9.53 Å². The maximum Gasteiger partial charge on any atom is 0.271 e. The minimum atomic E-state index is -0.333. The normalized spacial score (nSPS) is 10.7. The van der Waals surface area contributed by atoms with Crippen molar-refractivity contribution in [2.75, 3.05) is 7.11 Å². The molecule has 0 spiro atoms. The fraction of sp³-hybridized carbons (Fsp3) is 0.0667. The Bertz CT molecular complexity index is 715. The first-order valence-electron chi connectivity index (χ1n) is 6.14. The number of hydrogen-bond acceptors (Lipinski definition) is 3. The molecule has 1 N–H and O–H groups in total. The van der Waals surface area contributed by atoms with Gasteiger partial charge in [0.05, 0.1) is 26.9 Å². The third-order valence-corrected chi connectivity index (χ3v) is 4.28. The Morgan fingerprint density at radius 3 is 2.55 bits per heavy atom. The van der Waals surface area contributed by atoms with Crippen molar-refractivity contribution in [1.82, 2.24) is 5.43 Å². The molecule has 0 aliphatic carbocycles. The van der Waals surface area contributed by atoms with Gasteiger partial charge in [-0.2, -0.15) is 5.10 Å². The molecule has 0 unspecified atom stereocenters. The van der Waals surface area contributed by atoms with Gasteiger partial charge in [0.2, 0.25) is 0 Å². The molecule has 4 nitrogen and oxygen atoms in total. The van der Waals surface area contributed by atoms with Crippen LogP contribution in [-0.4, -0.2) is 19.2 Å². The second-order valence-electron chi connectivity index (χ2n) is 4.18. The van der Waals surface area contributed by atoms with Crippen LogP contribution in [0.4, 0.5) is 0 Å². The lowest BCUT2D eigenvalue weighted by atomic mass is 10.2. The van der Waals surface area contributed by atoms with E-state index in [0.29, 0.717) is 26.9 Å². The Morgan fingerprint density at radius 2 is 1.95 bits per heavy atom. The van der Waals surface area contributed by atoms with Gasteiger partial charge >= 0.3 is 0 Å². The van der Waals surface area contributed by atoms with Crippen LogP contribution in [0, 0.1) is 3.57 Å². The predicted molar refractivity (Wildman–Crippen MR) is 97.2 cm³/mol. The van der Waals surface area contributed by atoms with Crippen molar-refractivity contribution in [2.24, 2.45) is 5.10 Å². The van der Waals surface area contributed by atoms with E-state index in [1.54, 1.807) is 43.5 Å². The number of ether oxygens (including phenoxy) is 1. The third kappa shape index (κ3) is 4.12. The number of nitrogens with zero attached hydrogens (tertiary/aromatic N) is 1. The second-order valence-corrected chi connectivity index (χ2v) is 6.16. The van der Waals surface area contributed by atoms with Crippen LogP contribution in [0.1, 0.15) is 15.9 Å². The fourth-order valence-electron chi connectivity index (χ4n) is 1.66. The Hall–Kier alpha value is -1.31. The Kier molecular flexibility index (Phi) is 6.05. The smallest absolute Gasteiger partial charge is 0.271 e. The zero-order valence-corrected chi connectivity index (χ0v) is 15.1. The van der Waals surface area contributed by atoms with Gasteiger partial charge in [0.1, 0.15) is 5.75 Å². The summed E-state index contributed by atoms with van der Waals surface area (Å²) in [4.78, 5) is 12.0. The highest BCUT2D eigenvalue weighted by Gasteiger charge is 2.08. The molecule has 0 bridgehead atoms. The van der Waals surface area contributed by atoms with Gasteiger partial charge in [0.25, 0.3) is 5.91 Å². The van der Waals surface area contributed by atoms with E-state index in [2.05, 4.69) is 33.1 Å². The van der Waals surface area contributed by atoms with Gasteiger partial charge in [-0.05, 0) is 52.9 Å². The zero-order valence-electron chi connectivity index (χ0n) is 11.4. The highest BCUT2D eigenvalue weighted by Crippen LogP contribution is 2.22. The van der Waals surface area contributed by atoms with Crippen molar-refractivity contribution in [3.05, 3.63) is 61.1 Å². The van der Waals surface area contributed by atoms with Crippen molar-refractivity contribution in [1.29, 1.82) is 0 Å². The van der Waals surface area contributed by atoms with Crippen molar-refractivity contribution in [2.45, 2.75) is 0 Å². The van der Waals surface area contributed by atoms with Gasteiger partial charge in [-0.3, -0.25) is 4.79 Å². The van der Waals surface area contributed by atoms with E-state index in [1.807, 2.05) is 0 Å². The van der Waals surface area contributed by atoms with Crippen LogP contribution in [0.5, 0.6) is 5.75 Å². The SMILES string of the molecule is COc1ccc(C(=O)NN=Cc2c(Cl)cccc2Cl)cc1I. The zero-order chi connectivity index (χ0) is 16.1. The molecule has 114 valence electrons. The van der Waals surface area contributed by atoms with Crippen LogP contribution in [0.2, 0.25) is 10.0 Å². The first kappa shape index (κ1) is 17.1. The Labute approximate surface area is 151 Å². The van der Waals surface area contributed by atoms with E-state index < -0.39 is 0 Å². The predicted octanol–water partition coefficient (Wildman–Crippen LogP) is 4.37. The molecular formula is C15H11Cl2IN2O2.